The molecule has 1 aromatic heterocycles. The molecule has 1 saturated heterocycles. The smallest absolute Gasteiger partial charge is 0.320 e. The van der Waals surface area contributed by atoms with Crippen molar-refractivity contribution in [1.82, 2.24) is 24.6 Å². The molecule has 0 spiro atoms. The van der Waals surface area contributed by atoms with Crippen molar-refractivity contribution < 1.29 is 18.3 Å². The molecule has 0 unspecified atom stereocenters. The van der Waals surface area contributed by atoms with Crippen LogP contribution in [0.3, 0.4) is 0 Å². The van der Waals surface area contributed by atoms with Gasteiger partial charge in [-0.05, 0) is 49.4 Å². The monoisotopic (exact) mass is 602 g/mol. The van der Waals surface area contributed by atoms with Gasteiger partial charge in [0, 0.05) is 30.7 Å². The lowest BCUT2D eigenvalue weighted by atomic mass is 9.84. The molecule has 228 valence electrons. The maximum atomic E-state index is 15.0. The Kier molecular flexibility index (Phi) is 10.2. The standard InChI is InChI=1S/C31H41ClF2N6O2/c1-20-17-38(18-21(2)42-20)30(41)39(14-13-24(35)16-33)27(31(3,4)5)29-36-28(25-15-23(32)11-12-26(25)34)37-40(29)19-22-9-7-6-8-10-22/h6-12,15,20-21,24,27H,13-14,16-19,35H2,1-5H3/t20-,21+,24-,27-/m0/s1. The average molecular weight is 603 g/mol. The van der Waals surface area contributed by atoms with Gasteiger partial charge in [0.2, 0.25) is 0 Å². The molecule has 0 bridgehead atoms. The molecule has 2 amide bonds. The van der Waals surface area contributed by atoms with Gasteiger partial charge in [0.05, 0.1) is 30.4 Å². The first-order valence-electron chi connectivity index (χ1n) is 14.3. The number of carbonyl (C=O) groups is 1. The van der Waals surface area contributed by atoms with Gasteiger partial charge in [-0.1, -0.05) is 62.7 Å². The first-order chi connectivity index (χ1) is 19.9. The van der Waals surface area contributed by atoms with Crippen molar-refractivity contribution in [3.05, 3.63) is 70.8 Å². The third-order valence-electron chi connectivity index (χ3n) is 7.30. The zero-order chi connectivity index (χ0) is 30.6. The van der Waals surface area contributed by atoms with E-state index in [0.29, 0.717) is 30.5 Å². The van der Waals surface area contributed by atoms with Crippen LogP contribution in [0.2, 0.25) is 5.02 Å². The fraction of sp³-hybridized carbons (Fsp3) is 0.516. The van der Waals surface area contributed by atoms with Crippen LogP contribution in [-0.4, -0.2) is 75.2 Å². The van der Waals surface area contributed by atoms with E-state index in [4.69, 9.17) is 32.2 Å². The summed E-state index contributed by atoms with van der Waals surface area (Å²) < 4.78 is 36.1. The second kappa shape index (κ2) is 13.5. The molecule has 2 heterocycles. The van der Waals surface area contributed by atoms with Gasteiger partial charge in [-0.25, -0.2) is 23.2 Å². The number of halogens is 3. The molecule has 0 aliphatic carbocycles. The van der Waals surface area contributed by atoms with Gasteiger partial charge >= 0.3 is 6.03 Å². The number of rotatable bonds is 9. The molecule has 42 heavy (non-hydrogen) atoms. The van der Waals surface area contributed by atoms with E-state index in [9.17, 15) is 9.18 Å². The predicted molar refractivity (Wildman–Crippen MR) is 160 cm³/mol. The Morgan fingerprint density at radius 3 is 2.45 bits per heavy atom. The van der Waals surface area contributed by atoms with E-state index in [1.165, 1.54) is 18.2 Å². The first-order valence-corrected chi connectivity index (χ1v) is 14.7. The van der Waals surface area contributed by atoms with Gasteiger partial charge in [0.15, 0.2) is 11.6 Å². The SMILES string of the molecule is C[C@@H]1CN(C(=O)N(CC[C@H](N)CF)[C@@H](c2nc(-c3cc(Cl)ccc3F)nn2Cc2ccccc2)C(C)(C)C)C[C@H](C)O1. The maximum absolute atomic E-state index is 15.0. The second-order valence-corrected chi connectivity index (χ2v) is 12.6. The summed E-state index contributed by atoms with van der Waals surface area (Å²) in [5, 5.41) is 5.11. The Balaban J connectivity index is 1.86. The number of nitrogens with two attached hydrogens (primary N) is 1. The van der Waals surface area contributed by atoms with E-state index in [1.807, 2.05) is 65.0 Å². The molecule has 0 saturated carbocycles. The van der Waals surface area contributed by atoms with E-state index < -0.39 is 30.0 Å². The highest BCUT2D eigenvalue weighted by Gasteiger charge is 2.41. The third-order valence-corrected chi connectivity index (χ3v) is 7.53. The zero-order valence-electron chi connectivity index (χ0n) is 24.9. The molecule has 1 aliphatic rings. The molecule has 1 fully saturated rings. The van der Waals surface area contributed by atoms with Crippen molar-refractivity contribution in [1.29, 1.82) is 0 Å². The summed E-state index contributed by atoms with van der Waals surface area (Å²) in [5.41, 5.74) is 6.57. The topological polar surface area (TPSA) is 89.5 Å². The minimum Gasteiger partial charge on any atom is -0.372 e. The van der Waals surface area contributed by atoms with Crippen LogP contribution in [0.15, 0.2) is 48.5 Å². The highest BCUT2D eigenvalue weighted by atomic mass is 35.5. The van der Waals surface area contributed by atoms with Crippen LogP contribution in [0.1, 0.15) is 58.5 Å². The average Bonchev–Trinajstić information content (AvgIpc) is 3.33. The number of hydrogen-bond acceptors (Lipinski definition) is 5. The number of ether oxygens (including phenoxy) is 1. The van der Waals surface area contributed by atoms with Crippen molar-refractivity contribution in [2.45, 2.75) is 71.9 Å². The lowest BCUT2D eigenvalue weighted by Crippen LogP contribution is -2.55. The van der Waals surface area contributed by atoms with E-state index in [-0.39, 0.29) is 42.6 Å². The Morgan fingerprint density at radius 1 is 1.17 bits per heavy atom. The molecule has 8 nitrogen and oxygen atoms in total. The van der Waals surface area contributed by atoms with Crippen LogP contribution < -0.4 is 5.73 Å². The number of hydrogen-bond donors (Lipinski definition) is 1. The minimum absolute atomic E-state index is 0.139. The Bertz CT molecular complexity index is 1340. The third kappa shape index (κ3) is 7.65. The van der Waals surface area contributed by atoms with Gasteiger partial charge in [0.1, 0.15) is 12.5 Å². The molecular formula is C31H41ClF2N6O2. The summed E-state index contributed by atoms with van der Waals surface area (Å²) in [7, 11) is 0. The first kappa shape index (κ1) is 31.8. The number of nitrogens with zero attached hydrogens (tertiary/aromatic N) is 5. The number of morpholine rings is 1. The number of aromatic nitrogens is 3. The van der Waals surface area contributed by atoms with Crippen molar-refractivity contribution in [2.75, 3.05) is 26.3 Å². The van der Waals surface area contributed by atoms with Crippen molar-refractivity contribution in [3.8, 4) is 11.4 Å². The Labute approximate surface area is 251 Å². The number of alkyl halides is 1. The number of amides is 2. The van der Waals surface area contributed by atoms with Crippen molar-refractivity contribution in [2.24, 2.45) is 11.1 Å². The van der Waals surface area contributed by atoms with Gasteiger partial charge < -0.3 is 20.3 Å². The van der Waals surface area contributed by atoms with Gasteiger partial charge in [-0.3, -0.25) is 0 Å². The zero-order valence-corrected chi connectivity index (χ0v) is 25.7. The fourth-order valence-electron chi connectivity index (χ4n) is 5.44. The van der Waals surface area contributed by atoms with Gasteiger partial charge in [-0.15, -0.1) is 0 Å². The summed E-state index contributed by atoms with van der Waals surface area (Å²) in [6.45, 7) is 10.6. The summed E-state index contributed by atoms with van der Waals surface area (Å²) >= 11 is 6.22. The molecule has 0 radical (unpaired) electrons. The molecular weight excluding hydrogens is 562 g/mol. The normalized spacial score (nSPS) is 19.0. The number of benzene rings is 2. The molecule has 11 heteroatoms. The van der Waals surface area contributed by atoms with E-state index >= 15 is 4.39 Å². The minimum atomic E-state index is -0.721. The fourth-order valence-corrected chi connectivity index (χ4v) is 5.61. The predicted octanol–water partition coefficient (Wildman–Crippen LogP) is 6.09. The van der Waals surface area contributed by atoms with Crippen LogP contribution in [0, 0.1) is 11.2 Å². The molecule has 1 aliphatic heterocycles. The van der Waals surface area contributed by atoms with Crippen molar-refractivity contribution >= 4 is 17.6 Å². The largest absolute Gasteiger partial charge is 0.372 e. The van der Waals surface area contributed by atoms with Crippen LogP contribution in [0.4, 0.5) is 13.6 Å². The van der Waals surface area contributed by atoms with Crippen LogP contribution in [0.5, 0.6) is 0 Å². The van der Waals surface area contributed by atoms with Crippen LogP contribution in [0.25, 0.3) is 11.4 Å². The van der Waals surface area contributed by atoms with E-state index in [2.05, 4.69) is 0 Å². The lowest BCUT2D eigenvalue weighted by Gasteiger charge is -2.44. The molecule has 3 aromatic rings. The second-order valence-electron chi connectivity index (χ2n) is 12.2. The molecule has 4 atom stereocenters. The Hall–Kier alpha value is -3.08. The van der Waals surface area contributed by atoms with Crippen LogP contribution in [-0.2, 0) is 11.3 Å². The Morgan fingerprint density at radius 2 is 1.83 bits per heavy atom. The van der Waals surface area contributed by atoms with Gasteiger partial charge in [-0.2, -0.15) is 5.10 Å². The summed E-state index contributed by atoms with van der Waals surface area (Å²) in [4.78, 5) is 22.7. The van der Waals surface area contributed by atoms with Crippen molar-refractivity contribution in [3.63, 3.8) is 0 Å². The lowest BCUT2D eigenvalue weighted by molar-refractivity contribution is -0.0613. The summed E-state index contributed by atoms with van der Waals surface area (Å²) in [6.07, 6.45) is -0.0212. The molecule has 2 N–H and O–H groups in total. The molecule has 2 aromatic carbocycles. The number of carbonyl (C=O) groups excluding carboxylic acids is 1. The van der Waals surface area contributed by atoms with E-state index in [0.717, 1.165) is 5.56 Å². The number of urea groups is 1. The summed E-state index contributed by atoms with van der Waals surface area (Å²) in [6, 6.07) is 12.4. The highest BCUT2D eigenvalue weighted by molar-refractivity contribution is 6.30. The van der Waals surface area contributed by atoms with Crippen LogP contribution >= 0.6 is 11.6 Å². The van der Waals surface area contributed by atoms with E-state index in [1.54, 1.807) is 14.5 Å². The molecule has 4 rings (SSSR count). The quantitative estimate of drug-likeness (QED) is 0.320. The summed E-state index contributed by atoms with van der Waals surface area (Å²) in [5.74, 6) is 0.141. The van der Waals surface area contributed by atoms with Gasteiger partial charge in [0.25, 0.3) is 0 Å². The highest BCUT2D eigenvalue weighted by Crippen LogP contribution is 2.40. The maximum Gasteiger partial charge on any atom is 0.320 e.